The zero-order valence-corrected chi connectivity index (χ0v) is 5.69. The molecule has 0 bridgehead atoms. The molecule has 1 aromatic heterocycles. The van der Waals surface area contributed by atoms with Crippen LogP contribution in [0.4, 0.5) is 0 Å². The molecule has 0 saturated carbocycles. The first-order valence-electron chi connectivity index (χ1n) is 2.93. The van der Waals surface area contributed by atoms with Gasteiger partial charge in [-0.1, -0.05) is 5.92 Å². The maximum Gasteiger partial charge on any atom is 0.271 e. The van der Waals surface area contributed by atoms with Crippen LogP contribution < -0.4 is 5.56 Å². The van der Waals surface area contributed by atoms with E-state index in [0.717, 1.165) is 10.7 Å². The smallest absolute Gasteiger partial charge is 0.271 e. The first-order chi connectivity index (χ1) is 5.24. The molecule has 0 aliphatic carbocycles. The van der Waals surface area contributed by atoms with E-state index < -0.39 is 5.56 Å². The minimum atomic E-state index is -0.400. The van der Waals surface area contributed by atoms with Crippen LogP contribution in [-0.2, 0) is 6.54 Å². The second-order valence-electron chi connectivity index (χ2n) is 1.91. The zero-order valence-electron chi connectivity index (χ0n) is 5.69. The van der Waals surface area contributed by atoms with Gasteiger partial charge in [0.15, 0.2) is 0 Å². The molecule has 4 heteroatoms. The number of hydrogen-bond acceptors (Lipinski definition) is 3. The van der Waals surface area contributed by atoms with E-state index in [2.05, 4.69) is 11.0 Å². The Bertz CT molecular complexity index is 348. The average molecular weight is 150 g/mol. The number of hydrogen-bond donors (Lipinski definition) is 1. The minimum Gasteiger partial charge on any atom is -0.506 e. The van der Waals surface area contributed by atoms with Gasteiger partial charge in [0, 0.05) is 6.07 Å². The molecule has 11 heavy (non-hydrogen) atoms. The molecule has 0 unspecified atom stereocenters. The first kappa shape index (κ1) is 7.35. The first-order valence-corrected chi connectivity index (χ1v) is 2.93. The number of aromatic nitrogens is 2. The summed E-state index contributed by atoms with van der Waals surface area (Å²) in [6.45, 7) is 0.124. The lowest BCUT2D eigenvalue weighted by atomic mass is 10.5. The SMILES string of the molecule is C#CCn1ncc(O)cc1=O. The molecule has 4 nitrogen and oxygen atoms in total. The van der Waals surface area contributed by atoms with Crippen LogP contribution >= 0.6 is 0 Å². The van der Waals surface area contributed by atoms with Crippen molar-refractivity contribution in [2.24, 2.45) is 0 Å². The Kier molecular flexibility index (Phi) is 1.93. The van der Waals surface area contributed by atoms with Crippen molar-refractivity contribution in [2.75, 3.05) is 0 Å². The lowest BCUT2D eigenvalue weighted by molar-refractivity contribution is 0.463. The average Bonchev–Trinajstić information content (AvgIpc) is 1.95. The van der Waals surface area contributed by atoms with Crippen molar-refractivity contribution in [3.63, 3.8) is 0 Å². The Hall–Kier alpha value is -1.76. The molecule has 0 saturated heterocycles. The Balaban J connectivity index is 3.12. The van der Waals surface area contributed by atoms with Gasteiger partial charge in [0.25, 0.3) is 5.56 Å². The quantitative estimate of drug-likeness (QED) is 0.553. The highest BCUT2D eigenvalue weighted by molar-refractivity contribution is 5.10. The van der Waals surface area contributed by atoms with Crippen molar-refractivity contribution < 1.29 is 5.11 Å². The Morgan fingerprint density at radius 3 is 3.09 bits per heavy atom. The second kappa shape index (κ2) is 2.88. The Morgan fingerprint density at radius 2 is 2.55 bits per heavy atom. The molecule has 0 spiro atoms. The summed E-state index contributed by atoms with van der Waals surface area (Å²) in [6, 6.07) is 1.06. The van der Waals surface area contributed by atoms with E-state index >= 15 is 0 Å². The Labute approximate surface area is 63.1 Å². The van der Waals surface area contributed by atoms with Gasteiger partial charge in [-0.05, 0) is 0 Å². The van der Waals surface area contributed by atoms with Gasteiger partial charge in [-0.2, -0.15) is 5.10 Å². The summed E-state index contributed by atoms with van der Waals surface area (Å²) in [6.07, 6.45) is 6.12. The van der Waals surface area contributed by atoms with Crippen LogP contribution in [0.3, 0.4) is 0 Å². The third-order valence-electron chi connectivity index (χ3n) is 1.10. The molecule has 56 valence electrons. The van der Waals surface area contributed by atoms with Crippen molar-refractivity contribution in [3.8, 4) is 18.1 Å². The lowest BCUT2D eigenvalue weighted by Crippen LogP contribution is -2.20. The van der Waals surface area contributed by atoms with Gasteiger partial charge in [-0.25, -0.2) is 4.68 Å². The van der Waals surface area contributed by atoms with Gasteiger partial charge in [-0.3, -0.25) is 4.79 Å². The van der Waals surface area contributed by atoms with Crippen LogP contribution in [0.15, 0.2) is 17.1 Å². The van der Waals surface area contributed by atoms with Crippen LogP contribution in [0.1, 0.15) is 0 Å². The maximum atomic E-state index is 10.9. The van der Waals surface area contributed by atoms with Crippen LogP contribution in [0, 0.1) is 12.3 Å². The molecular formula is C7H6N2O2. The van der Waals surface area contributed by atoms with E-state index in [1.807, 2.05) is 0 Å². The third-order valence-corrected chi connectivity index (χ3v) is 1.10. The number of rotatable bonds is 1. The molecule has 1 N–H and O–H groups in total. The summed E-state index contributed by atoms with van der Waals surface area (Å²) in [5.41, 5.74) is -0.400. The van der Waals surface area contributed by atoms with Crippen molar-refractivity contribution in [3.05, 3.63) is 22.6 Å². The molecule has 1 heterocycles. The molecule has 0 radical (unpaired) electrons. The lowest BCUT2D eigenvalue weighted by Gasteiger charge is -1.96. The van der Waals surface area contributed by atoms with Crippen LogP contribution in [0.5, 0.6) is 5.75 Å². The third kappa shape index (κ3) is 1.58. The molecule has 1 rings (SSSR count). The summed E-state index contributed by atoms with van der Waals surface area (Å²) in [5.74, 6) is 2.11. The molecule has 0 fully saturated rings. The second-order valence-corrected chi connectivity index (χ2v) is 1.91. The van der Waals surface area contributed by atoms with Crippen LogP contribution in [0.25, 0.3) is 0 Å². The molecule has 1 aromatic rings. The van der Waals surface area contributed by atoms with Gasteiger partial charge in [0.1, 0.15) is 12.3 Å². The molecule has 0 aliphatic rings. The summed E-state index contributed by atoms with van der Waals surface area (Å²) in [5, 5.41) is 12.4. The highest BCUT2D eigenvalue weighted by Crippen LogP contribution is 1.96. The molecule has 0 aliphatic heterocycles. The van der Waals surface area contributed by atoms with E-state index in [-0.39, 0.29) is 12.3 Å². The molecule has 0 aromatic carbocycles. The van der Waals surface area contributed by atoms with Gasteiger partial charge in [0.05, 0.1) is 6.20 Å². The standard InChI is InChI=1S/C7H6N2O2/c1-2-3-9-7(11)4-6(10)5-8-9/h1,4-5,10H,3H2. The fourth-order valence-corrected chi connectivity index (χ4v) is 0.629. The topological polar surface area (TPSA) is 55.1 Å². The predicted molar refractivity (Wildman–Crippen MR) is 39.0 cm³/mol. The van der Waals surface area contributed by atoms with E-state index in [4.69, 9.17) is 11.5 Å². The predicted octanol–water partition coefficient (Wildman–Crippen LogP) is -0.418. The Morgan fingerprint density at radius 1 is 1.82 bits per heavy atom. The van der Waals surface area contributed by atoms with Gasteiger partial charge >= 0.3 is 0 Å². The van der Waals surface area contributed by atoms with E-state index in [0.29, 0.717) is 0 Å². The van der Waals surface area contributed by atoms with E-state index in [1.54, 1.807) is 0 Å². The molecular weight excluding hydrogens is 144 g/mol. The normalized spacial score (nSPS) is 9.00. The van der Waals surface area contributed by atoms with Crippen LogP contribution in [-0.4, -0.2) is 14.9 Å². The monoisotopic (exact) mass is 150 g/mol. The minimum absolute atomic E-state index is 0.124. The molecule has 0 atom stereocenters. The highest BCUT2D eigenvalue weighted by Gasteiger charge is 1.94. The fraction of sp³-hybridized carbons (Fsp3) is 0.143. The van der Waals surface area contributed by atoms with Gasteiger partial charge < -0.3 is 5.11 Å². The van der Waals surface area contributed by atoms with Gasteiger partial charge in [-0.15, -0.1) is 6.42 Å². The van der Waals surface area contributed by atoms with Crippen molar-refractivity contribution in [1.29, 1.82) is 0 Å². The summed E-state index contributed by atoms with van der Waals surface area (Å²) in [4.78, 5) is 10.9. The van der Waals surface area contributed by atoms with Crippen molar-refractivity contribution in [1.82, 2.24) is 9.78 Å². The summed E-state index contributed by atoms with van der Waals surface area (Å²) in [7, 11) is 0. The van der Waals surface area contributed by atoms with E-state index in [9.17, 15) is 4.79 Å². The number of aromatic hydroxyl groups is 1. The summed E-state index contributed by atoms with van der Waals surface area (Å²) >= 11 is 0. The highest BCUT2D eigenvalue weighted by atomic mass is 16.3. The van der Waals surface area contributed by atoms with Crippen LogP contribution in [0.2, 0.25) is 0 Å². The summed E-state index contributed by atoms with van der Waals surface area (Å²) < 4.78 is 1.08. The number of terminal acetylenes is 1. The van der Waals surface area contributed by atoms with Crippen molar-refractivity contribution in [2.45, 2.75) is 6.54 Å². The van der Waals surface area contributed by atoms with Gasteiger partial charge in [0.2, 0.25) is 0 Å². The van der Waals surface area contributed by atoms with E-state index in [1.165, 1.54) is 6.20 Å². The molecule has 0 amide bonds. The fourth-order valence-electron chi connectivity index (χ4n) is 0.629. The number of nitrogens with zero attached hydrogens (tertiary/aromatic N) is 2. The largest absolute Gasteiger partial charge is 0.506 e. The van der Waals surface area contributed by atoms with Crippen molar-refractivity contribution >= 4 is 0 Å². The maximum absolute atomic E-state index is 10.9. The zero-order chi connectivity index (χ0) is 8.27.